The normalized spacial score (nSPS) is 11.2. The number of ether oxygens (including phenoxy) is 4. The molecule has 0 bridgehead atoms. The summed E-state index contributed by atoms with van der Waals surface area (Å²) in [5, 5.41) is 12.6. The van der Waals surface area contributed by atoms with Gasteiger partial charge in [0.05, 0.1) is 13.2 Å². The predicted octanol–water partition coefficient (Wildman–Crippen LogP) is 4.65. The second-order valence-corrected chi connectivity index (χ2v) is 6.79. The minimum absolute atomic E-state index is 0.0498. The zero-order valence-electron chi connectivity index (χ0n) is 18.0. The molecule has 0 saturated carbocycles. The van der Waals surface area contributed by atoms with Gasteiger partial charge < -0.3 is 29.4 Å². The highest BCUT2D eigenvalue weighted by Crippen LogP contribution is 2.30. The Kier molecular flexibility index (Phi) is 9.83. The van der Waals surface area contributed by atoms with Crippen molar-refractivity contribution in [1.82, 2.24) is 0 Å². The minimum atomic E-state index is -1.05. The maximum atomic E-state index is 11.9. The SMILES string of the molecule is CCCOC(=O)Oc1ccc(C[C@H](Nc2ccccc2)C(=O)O)cc1OC(=O)OCCC. The van der Waals surface area contributed by atoms with E-state index in [1.54, 1.807) is 30.3 Å². The molecule has 1 atom stereocenters. The summed E-state index contributed by atoms with van der Waals surface area (Å²) in [4.78, 5) is 35.5. The van der Waals surface area contributed by atoms with Gasteiger partial charge >= 0.3 is 18.3 Å². The van der Waals surface area contributed by atoms with Crippen molar-refractivity contribution in [3.63, 3.8) is 0 Å². The molecule has 0 amide bonds. The van der Waals surface area contributed by atoms with Crippen molar-refractivity contribution < 1.29 is 38.4 Å². The molecule has 2 rings (SSSR count). The van der Waals surface area contributed by atoms with E-state index >= 15 is 0 Å². The molecule has 172 valence electrons. The largest absolute Gasteiger partial charge is 0.513 e. The van der Waals surface area contributed by atoms with Crippen LogP contribution in [0.4, 0.5) is 15.3 Å². The van der Waals surface area contributed by atoms with Gasteiger partial charge in [-0.05, 0) is 42.7 Å². The Morgan fingerprint density at radius 1 is 0.875 bits per heavy atom. The second-order valence-electron chi connectivity index (χ2n) is 6.79. The first-order valence-corrected chi connectivity index (χ1v) is 10.3. The summed E-state index contributed by atoms with van der Waals surface area (Å²) in [6.07, 6.45) is -0.613. The summed E-state index contributed by atoms with van der Waals surface area (Å²) in [5.41, 5.74) is 1.19. The van der Waals surface area contributed by atoms with E-state index in [9.17, 15) is 19.5 Å². The smallest absolute Gasteiger partial charge is 0.480 e. The molecule has 9 nitrogen and oxygen atoms in total. The zero-order chi connectivity index (χ0) is 23.3. The van der Waals surface area contributed by atoms with Crippen molar-refractivity contribution in [2.24, 2.45) is 0 Å². The molecule has 0 radical (unpaired) electrons. The number of hydrogen-bond donors (Lipinski definition) is 2. The molecular formula is C23H27NO8. The van der Waals surface area contributed by atoms with E-state index in [2.05, 4.69) is 5.32 Å². The predicted molar refractivity (Wildman–Crippen MR) is 116 cm³/mol. The summed E-state index contributed by atoms with van der Waals surface area (Å²) in [5.74, 6) is -1.19. The quantitative estimate of drug-likeness (QED) is 0.376. The Morgan fingerprint density at radius 2 is 1.47 bits per heavy atom. The Hall–Kier alpha value is -3.75. The molecule has 2 N–H and O–H groups in total. The van der Waals surface area contributed by atoms with Crippen LogP contribution in [0.15, 0.2) is 48.5 Å². The van der Waals surface area contributed by atoms with Gasteiger partial charge in [-0.3, -0.25) is 0 Å². The Bertz CT molecular complexity index is 900. The van der Waals surface area contributed by atoms with Crippen LogP contribution in [0.2, 0.25) is 0 Å². The third kappa shape index (κ3) is 8.17. The fourth-order valence-electron chi connectivity index (χ4n) is 2.62. The number of carboxylic acid groups (broad SMARTS) is 1. The number of benzene rings is 2. The first-order valence-electron chi connectivity index (χ1n) is 10.3. The highest BCUT2D eigenvalue weighted by molar-refractivity contribution is 5.78. The zero-order valence-corrected chi connectivity index (χ0v) is 18.0. The lowest BCUT2D eigenvalue weighted by Crippen LogP contribution is -2.31. The number of anilines is 1. The molecule has 0 unspecified atom stereocenters. The number of nitrogens with one attached hydrogen (secondary N) is 1. The molecule has 0 aliphatic carbocycles. The van der Waals surface area contributed by atoms with Crippen LogP contribution in [0.5, 0.6) is 11.5 Å². The van der Waals surface area contributed by atoms with Gasteiger partial charge in [-0.25, -0.2) is 14.4 Å². The van der Waals surface area contributed by atoms with Crippen molar-refractivity contribution in [3.05, 3.63) is 54.1 Å². The number of hydrogen-bond acceptors (Lipinski definition) is 8. The molecule has 0 spiro atoms. The Morgan fingerprint density at radius 3 is 2.03 bits per heavy atom. The van der Waals surface area contributed by atoms with Gasteiger partial charge in [0.25, 0.3) is 0 Å². The van der Waals surface area contributed by atoms with Crippen molar-refractivity contribution in [2.45, 2.75) is 39.2 Å². The molecule has 0 heterocycles. The first-order chi connectivity index (χ1) is 15.4. The fraction of sp³-hybridized carbons (Fsp3) is 0.348. The Labute approximate surface area is 186 Å². The van der Waals surface area contributed by atoms with Crippen molar-refractivity contribution in [2.75, 3.05) is 18.5 Å². The molecular weight excluding hydrogens is 418 g/mol. The van der Waals surface area contributed by atoms with Crippen LogP contribution in [0, 0.1) is 0 Å². The van der Waals surface area contributed by atoms with Crippen LogP contribution in [-0.2, 0) is 20.7 Å². The number of carbonyl (C=O) groups excluding carboxylic acids is 2. The van der Waals surface area contributed by atoms with Gasteiger partial charge in [-0.1, -0.05) is 38.1 Å². The van der Waals surface area contributed by atoms with Crippen LogP contribution in [0.1, 0.15) is 32.3 Å². The summed E-state index contributed by atoms with van der Waals surface area (Å²) >= 11 is 0. The third-order valence-corrected chi connectivity index (χ3v) is 4.10. The molecule has 0 fully saturated rings. The number of para-hydroxylation sites is 1. The molecule has 32 heavy (non-hydrogen) atoms. The molecule has 0 saturated heterocycles. The van der Waals surface area contributed by atoms with Crippen LogP contribution in [-0.4, -0.2) is 42.6 Å². The number of carboxylic acids is 1. The molecule has 0 aromatic heterocycles. The first kappa shape index (κ1) is 24.5. The lowest BCUT2D eigenvalue weighted by Gasteiger charge is -2.17. The van der Waals surface area contributed by atoms with Crippen LogP contribution in [0.3, 0.4) is 0 Å². The number of carbonyl (C=O) groups is 3. The maximum Gasteiger partial charge on any atom is 0.513 e. The van der Waals surface area contributed by atoms with Crippen molar-refractivity contribution in [1.29, 1.82) is 0 Å². The van der Waals surface area contributed by atoms with Gasteiger partial charge in [0.15, 0.2) is 11.5 Å². The molecule has 0 aliphatic rings. The van der Waals surface area contributed by atoms with Gasteiger partial charge in [-0.2, -0.15) is 0 Å². The van der Waals surface area contributed by atoms with Crippen molar-refractivity contribution in [3.8, 4) is 11.5 Å². The Balaban J connectivity index is 2.21. The average Bonchev–Trinajstić information content (AvgIpc) is 2.78. The van der Waals surface area contributed by atoms with E-state index in [-0.39, 0.29) is 31.1 Å². The van der Waals surface area contributed by atoms with Gasteiger partial charge in [-0.15, -0.1) is 0 Å². The fourth-order valence-corrected chi connectivity index (χ4v) is 2.62. The highest BCUT2D eigenvalue weighted by Gasteiger charge is 2.21. The monoisotopic (exact) mass is 445 g/mol. The molecule has 2 aromatic rings. The minimum Gasteiger partial charge on any atom is -0.480 e. The van der Waals surface area contributed by atoms with Crippen LogP contribution < -0.4 is 14.8 Å². The lowest BCUT2D eigenvalue weighted by atomic mass is 10.0. The number of aliphatic carboxylic acids is 1. The van der Waals surface area contributed by atoms with E-state index in [0.717, 1.165) is 0 Å². The van der Waals surface area contributed by atoms with Gasteiger partial charge in [0, 0.05) is 12.1 Å². The average molecular weight is 445 g/mol. The van der Waals surface area contributed by atoms with E-state index in [4.69, 9.17) is 18.9 Å². The molecule has 0 aliphatic heterocycles. The lowest BCUT2D eigenvalue weighted by molar-refractivity contribution is -0.137. The standard InChI is InChI=1S/C23H27NO8/c1-3-12-29-22(27)31-19-11-10-16(15-20(19)32-23(28)30-13-4-2)14-18(21(25)26)24-17-8-6-5-7-9-17/h5-11,15,18,24H,3-4,12-14H2,1-2H3,(H,25,26)/t18-/m0/s1. The summed E-state index contributed by atoms with van der Waals surface area (Å²) in [6, 6.07) is 12.4. The van der Waals surface area contributed by atoms with Crippen LogP contribution >= 0.6 is 0 Å². The summed E-state index contributed by atoms with van der Waals surface area (Å²) in [6.45, 7) is 4.01. The van der Waals surface area contributed by atoms with E-state index in [1.165, 1.54) is 12.1 Å². The summed E-state index contributed by atoms with van der Waals surface area (Å²) < 4.78 is 20.1. The van der Waals surface area contributed by atoms with E-state index < -0.39 is 24.3 Å². The van der Waals surface area contributed by atoms with Crippen LogP contribution in [0.25, 0.3) is 0 Å². The van der Waals surface area contributed by atoms with E-state index in [1.807, 2.05) is 19.9 Å². The molecule has 9 heteroatoms. The van der Waals surface area contributed by atoms with Crippen molar-refractivity contribution >= 4 is 24.0 Å². The summed E-state index contributed by atoms with van der Waals surface area (Å²) in [7, 11) is 0. The molecule has 2 aromatic carbocycles. The second kappa shape index (κ2) is 12.8. The van der Waals surface area contributed by atoms with Gasteiger partial charge in [0.1, 0.15) is 6.04 Å². The maximum absolute atomic E-state index is 11.9. The van der Waals surface area contributed by atoms with E-state index in [0.29, 0.717) is 24.1 Å². The highest BCUT2D eigenvalue weighted by atomic mass is 16.7. The third-order valence-electron chi connectivity index (χ3n) is 4.10. The number of rotatable bonds is 11. The van der Waals surface area contributed by atoms with Gasteiger partial charge in [0.2, 0.25) is 0 Å². The topological polar surface area (TPSA) is 120 Å².